The second-order valence-corrected chi connectivity index (χ2v) is 3.39. The molecule has 21 heavy (non-hydrogen) atoms. The summed E-state index contributed by atoms with van der Waals surface area (Å²) in [6, 6.07) is 0.601. The molecular weight excluding hydrogens is 301 g/mol. The predicted octanol–water partition coefficient (Wildman–Crippen LogP) is 2.07. The maximum Gasteiger partial charge on any atom is 0.573 e. The van der Waals surface area contributed by atoms with Crippen LogP contribution in [0.5, 0.6) is 11.5 Å². The number of esters is 1. The lowest BCUT2D eigenvalue weighted by Crippen LogP contribution is -2.21. The standard InChI is InChI=1S/C10H9F3N2O6/c1-3-20-9(16)7-8(21-10(11,12)13)5(19-2)4-6(14-7)15(17)18/h4H,3H2,1-2H3. The molecule has 0 unspecified atom stereocenters. The molecule has 1 aromatic heterocycles. The molecule has 0 atom stereocenters. The van der Waals surface area contributed by atoms with Crippen LogP contribution < -0.4 is 9.47 Å². The van der Waals surface area contributed by atoms with E-state index >= 15 is 0 Å². The zero-order chi connectivity index (χ0) is 16.2. The third kappa shape index (κ3) is 4.19. The Hall–Kier alpha value is -2.59. The van der Waals surface area contributed by atoms with Gasteiger partial charge in [-0.1, -0.05) is 0 Å². The highest BCUT2D eigenvalue weighted by atomic mass is 19.4. The van der Waals surface area contributed by atoms with Crippen LogP contribution in [0.15, 0.2) is 6.07 Å². The Labute approximate surface area is 115 Å². The number of ether oxygens (including phenoxy) is 3. The molecule has 11 heteroatoms. The first-order valence-corrected chi connectivity index (χ1v) is 5.35. The topological polar surface area (TPSA) is 101 Å². The third-order valence-electron chi connectivity index (χ3n) is 2.02. The number of methoxy groups -OCH3 is 1. The summed E-state index contributed by atoms with van der Waals surface area (Å²) in [6.07, 6.45) is -5.15. The first kappa shape index (κ1) is 16.5. The Balaban J connectivity index is 3.48. The molecule has 1 heterocycles. The Morgan fingerprint density at radius 1 is 1.48 bits per heavy atom. The molecule has 0 bridgehead atoms. The number of rotatable bonds is 5. The molecule has 0 aliphatic heterocycles. The Kier molecular flexibility index (Phi) is 4.89. The van der Waals surface area contributed by atoms with E-state index in [0.29, 0.717) is 6.07 Å². The molecule has 0 fully saturated rings. The normalized spacial score (nSPS) is 10.9. The fourth-order valence-corrected chi connectivity index (χ4v) is 1.29. The molecule has 0 N–H and O–H groups in total. The van der Waals surface area contributed by atoms with Crippen molar-refractivity contribution in [3.63, 3.8) is 0 Å². The number of hydrogen-bond donors (Lipinski definition) is 0. The van der Waals surface area contributed by atoms with Crippen molar-refractivity contribution in [1.29, 1.82) is 0 Å². The van der Waals surface area contributed by atoms with Gasteiger partial charge in [0.2, 0.25) is 5.75 Å². The summed E-state index contributed by atoms with van der Waals surface area (Å²) in [5.41, 5.74) is -1.000. The van der Waals surface area contributed by atoms with Gasteiger partial charge < -0.3 is 24.3 Å². The van der Waals surface area contributed by atoms with E-state index in [1.54, 1.807) is 0 Å². The van der Waals surface area contributed by atoms with E-state index in [9.17, 15) is 28.1 Å². The summed E-state index contributed by atoms with van der Waals surface area (Å²) in [5.74, 6) is -3.96. The fourth-order valence-electron chi connectivity index (χ4n) is 1.29. The highest BCUT2D eigenvalue weighted by molar-refractivity contribution is 5.91. The van der Waals surface area contributed by atoms with E-state index < -0.39 is 40.3 Å². The SMILES string of the molecule is CCOC(=O)c1nc([N+](=O)[O-])cc(OC)c1OC(F)(F)F. The fraction of sp³-hybridized carbons (Fsp3) is 0.400. The van der Waals surface area contributed by atoms with Gasteiger partial charge in [0.15, 0.2) is 5.75 Å². The van der Waals surface area contributed by atoms with Gasteiger partial charge in [0.1, 0.15) is 0 Å². The van der Waals surface area contributed by atoms with Crippen LogP contribution in [0.4, 0.5) is 19.0 Å². The minimum absolute atomic E-state index is 0.170. The molecule has 0 saturated heterocycles. The van der Waals surface area contributed by atoms with Crippen LogP contribution in [0.3, 0.4) is 0 Å². The molecule has 0 aliphatic carbocycles. The van der Waals surface area contributed by atoms with Gasteiger partial charge in [-0.05, 0) is 16.8 Å². The minimum atomic E-state index is -5.15. The number of nitrogens with zero attached hydrogens (tertiary/aromatic N) is 2. The summed E-state index contributed by atoms with van der Waals surface area (Å²) in [6.45, 7) is 1.23. The largest absolute Gasteiger partial charge is 0.573 e. The van der Waals surface area contributed by atoms with Crippen molar-refractivity contribution in [3.05, 3.63) is 21.9 Å². The van der Waals surface area contributed by atoms with Crippen LogP contribution in [-0.4, -0.2) is 36.0 Å². The average molecular weight is 310 g/mol. The van der Waals surface area contributed by atoms with E-state index in [4.69, 9.17) is 0 Å². The second kappa shape index (κ2) is 6.24. The van der Waals surface area contributed by atoms with Crippen molar-refractivity contribution < 1.29 is 37.1 Å². The highest BCUT2D eigenvalue weighted by Gasteiger charge is 2.39. The third-order valence-corrected chi connectivity index (χ3v) is 2.02. The van der Waals surface area contributed by atoms with Crippen LogP contribution in [0.2, 0.25) is 0 Å². The maximum absolute atomic E-state index is 12.4. The molecule has 1 aromatic rings. The van der Waals surface area contributed by atoms with Gasteiger partial charge in [-0.25, -0.2) is 4.79 Å². The van der Waals surface area contributed by atoms with Gasteiger partial charge in [-0.15, -0.1) is 13.2 Å². The van der Waals surface area contributed by atoms with E-state index in [-0.39, 0.29) is 6.61 Å². The average Bonchev–Trinajstić information content (AvgIpc) is 2.36. The monoisotopic (exact) mass is 310 g/mol. The summed E-state index contributed by atoms with van der Waals surface area (Å²) in [7, 11) is 0.956. The van der Waals surface area contributed by atoms with Crippen molar-refractivity contribution in [2.75, 3.05) is 13.7 Å². The number of hydrogen-bond acceptors (Lipinski definition) is 7. The van der Waals surface area contributed by atoms with E-state index in [1.165, 1.54) is 6.92 Å². The summed E-state index contributed by atoms with van der Waals surface area (Å²) in [4.78, 5) is 24.5. The van der Waals surface area contributed by atoms with Gasteiger partial charge in [0.05, 0.1) is 19.8 Å². The van der Waals surface area contributed by atoms with Crippen molar-refractivity contribution in [1.82, 2.24) is 4.98 Å². The van der Waals surface area contributed by atoms with E-state index in [0.717, 1.165) is 7.11 Å². The summed E-state index contributed by atoms with van der Waals surface area (Å²) >= 11 is 0. The summed E-state index contributed by atoms with van der Waals surface area (Å²) < 4.78 is 49.8. The van der Waals surface area contributed by atoms with Crippen molar-refractivity contribution in [2.24, 2.45) is 0 Å². The number of carbonyl (C=O) groups excluding carboxylic acids is 1. The number of pyridine rings is 1. The first-order valence-electron chi connectivity index (χ1n) is 5.35. The summed E-state index contributed by atoms with van der Waals surface area (Å²) in [5, 5.41) is 10.7. The van der Waals surface area contributed by atoms with Gasteiger partial charge in [-0.3, -0.25) is 0 Å². The molecule has 116 valence electrons. The van der Waals surface area contributed by atoms with Crippen LogP contribution >= 0.6 is 0 Å². The molecule has 0 aliphatic rings. The van der Waals surface area contributed by atoms with Gasteiger partial charge in [-0.2, -0.15) is 0 Å². The molecule has 0 aromatic carbocycles. The van der Waals surface area contributed by atoms with E-state index in [2.05, 4.69) is 19.2 Å². The number of aromatic nitrogens is 1. The van der Waals surface area contributed by atoms with Gasteiger partial charge in [0, 0.05) is 0 Å². The smallest absolute Gasteiger partial charge is 0.492 e. The van der Waals surface area contributed by atoms with Crippen molar-refractivity contribution in [3.8, 4) is 11.5 Å². The quantitative estimate of drug-likeness (QED) is 0.466. The van der Waals surface area contributed by atoms with Gasteiger partial charge in [0.25, 0.3) is 0 Å². The highest BCUT2D eigenvalue weighted by Crippen LogP contribution is 2.37. The zero-order valence-corrected chi connectivity index (χ0v) is 10.8. The van der Waals surface area contributed by atoms with Crippen LogP contribution in [0, 0.1) is 10.1 Å². The number of nitro groups is 1. The minimum Gasteiger partial charge on any atom is -0.492 e. The Morgan fingerprint density at radius 2 is 2.10 bits per heavy atom. The number of alkyl halides is 3. The van der Waals surface area contributed by atoms with Crippen LogP contribution in [-0.2, 0) is 4.74 Å². The van der Waals surface area contributed by atoms with Crippen LogP contribution in [0.25, 0.3) is 0 Å². The molecule has 8 nitrogen and oxygen atoms in total. The van der Waals surface area contributed by atoms with Crippen molar-refractivity contribution in [2.45, 2.75) is 13.3 Å². The lowest BCUT2D eigenvalue weighted by Gasteiger charge is -2.13. The number of carbonyl (C=O) groups is 1. The molecule has 0 radical (unpaired) electrons. The molecular formula is C10H9F3N2O6. The number of halogens is 3. The Morgan fingerprint density at radius 3 is 2.52 bits per heavy atom. The van der Waals surface area contributed by atoms with Gasteiger partial charge >= 0.3 is 23.8 Å². The lowest BCUT2D eigenvalue weighted by atomic mass is 10.3. The molecule has 0 spiro atoms. The molecule has 1 rings (SSSR count). The Bertz CT molecular complexity index is 560. The lowest BCUT2D eigenvalue weighted by molar-refractivity contribution is -0.389. The predicted molar refractivity (Wildman–Crippen MR) is 60.1 cm³/mol. The second-order valence-electron chi connectivity index (χ2n) is 3.39. The van der Waals surface area contributed by atoms with E-state index in [1.807, 2.05) is 0 Å². The zero-order valence-electron chi connectivity index (χ0n) is 10.8. The maximum atomic E-state index is 12.4. The van der Waals surface area contributed by atoms with Crippen LogP contribution in [0.1, 0.15) is 17.4 Å². The molecule has 0 saturated carbocycles. The van der Waals surface area contributed by atoms with Crippen molar-refractivity contribution >= 4 is 11.8 Å². The first-order chi connectivity index (χ1) is 9.69. The molecule has 0 amide bonds.